The lowest BCUT2D eigenvalue weighted by Crippen LogP contribution is -2.45. The number of ketones is 1. The van der Waals surface area contributed by atoms with E-state index in [1.807, 2.05) is 24.3 Å². The van der Waals surface area contributed by atoms with Crippen molar-refractivity contribution in [2.75, 3.05) is 6.61 Å². The van der Waals surface area contributed by atoms with Crippen LogP contribution in [0, 0.1) is 0 Å². The summed E-state index contributed by atoms with van der Waals surface area (Å²) in [5.41, 5.74) is 2.18. The molecule has 0 aliphatic carbocycles. The number of aliphatic carboxylic acids is 1. The van der Waals surface area contributed by atoms with Crippen molar-refractivity contribution < 1.29 is 24.2 Å². The Labute approximate surface area is 198 Å². The molecule has 4 rings (SSSR count). The van der Waals surface area contributed by atoms with Gasteiger partial charge in [-0.1, -0.05) is 76.6 Å². The third-order valence-corrected chi connectivity index (χ3v) is 5.54. The first kappa shape index (κ1) is 22.3. The fourth-order valence-electron chi connectivity index (χ4n) is 3.63. The van der Waals surface area contributed by atoms with Gasteiger partial charge in [0.05, 0.1) is 23.3 Å². The molecule has 3 aromatic carbocycles. The van der Waals surface area contributed by atoms with Crippen LogP contribution in [0.25, 0.3) is 5.70 Å². The van der Waals surface area contributed by atoms with Gasteiger partial charge >= 0.3 is 6.03 Å². The van der Waals surface area contributed by atoms with Crippen LogP contribution in [0.3, 0.4) is 0 Å². The van der Waals surface area contributed by atoms with Crippen LogP contribution in [0.5, 0.6) is 5.75 Å². The maximum Gasteiger partial charge on any atom is 0.320 e. The zero-order valence-corrected chi connectivity index (χ0v) is 18.8. The van der Waals surface area contributed by atoms with E-state index in [0.717, 1.165) is 0 Å². The summed E-state index contributed by atoms with van der Waals surface area (Å²) in [4.78, 5) is 37.4. The average Bonchev–Trinajstić information content (AvgIpc) is 2.83. The van der Waals surface area contributed by atoms with E-state index in [-0.39, 0.29) is 11.5 Å². The van der Waals surface area contributed by atoms with Gasteiger partial charge in [-0.25, -0.2) is 4.79 Å². The number of carbonyl (C=O) groups excluding carboxylic acids is 3. The van der Waals surface area contributed by atoms with Gasteiger partial charge in [-0.3, -0.25) is 4.79 Å². The molecule has 1 atom stereocenters. The minimum atomic E-state index is -1.39. The van der Waals surface area contributed by atoms with Crippen molar-refractivity contribution >= 4 is 39.4 Å². The Morgan fingerprint density at radius 1 is 0.970 bits per heavy atom. The van der Waals surface area contributed by atoms with Crippen LogP contribution in [-0.4, -0.2) is 24.4 Å². The maximum atomic E-state index is 13.7. The zero-order chi connectivity index (χ0) is 23.4. The van der Waals surface area contributed by atoms with E-state index < -0.39 is 24.6 Å². The van der Waals surface area contributed by atoms with Crippen LogP contribution in [0.15, 0.2) is 88.9 Å². The summed E-state index contributed by atoms with van der Waals surface area (Å²) in [5.74, 6) is -1.47. The van der Waals surface area contributed by atoms with E-state index in [9.17, 15) is 19.5 Å². The lowest BCUT2D eigenvalue weighted by molar-refractivity contribution is -0.307. The summed E-state index contributed by atoms with van der Waals surface area (Å²) in [5, 5.41) is 16.6. The van der Waals surface area contributed by atoms with E-state index in [4.69, 9.17) is 4.74 Å². The average molecular weight is 506 g/mol. The third kappa shape index (κ3) is 4.96. The third-order valence-electron chi connectivity index (χ3n) is 5.04. The fraction of sp³-hybridized carbons (Fsp3) is 0.0800. The van der Waals surface area contributed by atoms with Gasteiger partial charge in [0.2, 0.25) is 0 Å². The first-order valence-corrected chi connectivity index (χ1v) is 10.8. The Morgan fingerprint density at radius 3 is 2.30 bits per heavy atom. The maximum absolute atomic E-state index is 13.7. The summed E-state index contributed by atoms with van der Waals surface area (Å²) in [6.45, 7) is -0.676. The van der Waals surface area contributed by atoms with E-state index >= 15 is 0 Å². The molecule has 1 aliphatic heterocycles. The normalized spacial score (nSPS) is 15.4. The Morgan fingerprint density at radius 2 is 1.64 bits per heavy atom. The molecule has 1 heterocycles. The molecule has 0 fully saturated rings. The van der Waals surface area contributed by atoms with Crippen LogP contribution in [0.4, 0.5) is 4.79 Å². The van der Waals surface area contributed by atoms with Gasteiger partial charge in [0.25, 0.3) is 0 Å². The number of carboxylic acid groups (broad SMARTS) is 1. The molecule has 3 aromatic rings. The van der Waals surface area contributed by atoms with Crippen molar-refractivity contribution in [1.82, 2.24) is 10.6 Å². The summed E-state index contributed by atoms with van der Waals surface area (Å²) in [6, 6.07) is 21.3. The quantitative estimate of drug-likeness (QED) is 0.479. The molecule has 2 amide bonds. The van der Waals surface area contributed by atoms with Gasteiger partial charge in [0, 0.05) is 15.6 Å². The molecule has 8 heteroatoms. The fourth-order valence-corrected chi connectivity index (χ4v) is 4.01. The molecule has 7 nitrogen and oxygen atoms in total. The van der Waals surface area contributed by atoms with Crippen molar-refractivity contribution in [2.24, 2.45) is 0 Å². The lowest BCUT2D eigenvalue weighted by atomic mass is 9.87. The largest absolute Gasteiger partial charge is 0.546 e. The second kappa shape index (κ2) is 9.70. The molecule has 166 valence electrons. The van der Waals surface area contributed by atoms with Gasteiger partial charge in [0.1, 0.15) is 12.4 Å². The lowest BCUT2D eigenvalue weighted by Gasteiger charge is -2.31. The van der Waals surface area contributed by atoms with Crippen molar-refractivity contribution in [3.8, 4) is 5.75 Å². The predicted molar refractivity (Wildman–Crippen MR) is 123 cm³/mol. The predicted octanol–water partition coefficient (Wildman–Crippen LogP) is 3.23. The number of amides is 2. The highest BCUT2D eigenvalue weighted by atomic mass is 79.9. The van der Waals surface area contributed by atoms with Gasteiger partial charge < -0.3 is 25.3 Å². The number of urea groups is 1. The van der Waals surface area contributed by atoms with Crippen molar-refractivity contribution in [1.29, 1.82) is 0 Å². The SMILES string of the molecule is O=C([O-])COc1ccc(Br)cc1[C@@H]1NC(=O)NC(c2ccccc2)=C1C(=O)c1ccccc1. The molecule has 0 saturated carbocycles. The number of Topliss-reactive ketones (excluding diaryl/α,β-unsaturated/α-hetero) is 1. The van der Waals surface area contributed by atoms with E-state index in [2.05, 4.69) is 26.6 Å². The van der Waals surface area contributed by atoms with E-state index in [1.165, 1.54) is 0 Å². The first-order valence-electron chi connectivity index (χ1n) is 10.0. The molecule has 2 N–H and O–H groups in total. The highest BCUT2D eigenvalue weighted by molar-refractivity contribution is 9.10. The molecule has 0 aromatic heterocycles. The van der Waals surface area contributed by atoms with Gasteiger partial charge in [-0.2, -0.15) is 0 Å². The molecule has 1 aliphatic rings. The number of carboxylic acids is 1. The highest BCUT2D eigenvalue weighted by Gasteiger charge is 2.35. The second-order valence-corrected chi connectivity index (χ2v) is 8.14. The number of halogens is 1. The van der Waals surface area contributed by atoms with Gasteiger partial charge in [-0.05, 0) is 23.8 Å². The number of hydrogen-bond donors (Lipinski definition) is 2. The number of rotatable bonds is 7. The summed E-state index contributed by atoms with van der Waals surface area (Å²) in [7, 11) is 0. The smallest absolute Gasteiger partial charge is 0.320 e. The first-order chi connectivity index (χ1) is 15.9. The van der Waals surface area contributed by atoms with Crippen molar-refractivity contribution in [3.05, 3.63) is 106 Å². The van der Waals surface area contributed by atoms with Crippen LogP contribution < -0.4 is 20.5 Å². The Balaban J connectivity index is 1.93. The van der Waals surface area contributed by atoms with E-state index in [1.54, 1.807) is 54.6 Å². The zero-order valence-electron chi connectivity index (χ0n) is 17.2. The number of carbonyl (C=O) groups is 3. The van der Waals surface area contributed by atoms with Crippen LogP contribution in [0.2, 0.25) is 0 Å². The summed E-state index contributed by atoms with van der Waals surface area (Å²) >= 11 is 3.41. The number of hydrogen-bond acceptors (Lipinski definition) is 5. The highest BCUT2D eigenvalue weighted by Crippen LogP contribution is 2.38. The number of nitrogens with one attached hydrogen (secondary N) is 2. The van der Waals surface area contributed by atoms with Gasteiger partial charge in [0.15, 0.2) is 5.78 Å². The molecule has 0 radical (unpaired) electrons. The summed E-state index contributed by atoms with van der Waals surface area (Å²) in [6.07, 6.45) is 0. The van der Waals surface area contributed by atoms with Crippen LogP contribution in [-0.2, 0) is 4.79 Å². The van der Waals surface area contributed by atoms with Crippen molar-refractivity contribution in [2.45, 2.75) is 6.04 Å². The minimum absolute atomic E-state index is 0.209. The molecular weight excluding hydrogens is 488 g/mol. The number of ether oxygens (including phenoxy) is 1. The Kier molecular flexibility index (Phi) is 6.55. The molecule has 0 spiro atoms. The monoisotopic (exact) mass is 505 g/mol. The molecule has 0 unspecified atom stereocenters. The minimum Gasteiger partial charge on any atom is -0.546 e. The van der Waals surface area contributed by atoms with Crippen LogP contribution in [0.1, 0.15) is 27.5 Å². The molecule has 0 saturated heterocycles. The van der Waals surface area contributed by atoms with Crippen LogP contribution >= 0.6 is 15.9 Å². The molecule has 0 bridgehead atoms. The standard InChI is InChI=1S/C25H19BrN2O5/c26-17-11-12-19(33-14-20(29)30)18(13-17)23-21(24(31)16-9-5-2-6-10-16)22(27-25(32)28-23)15-7-3-1-4-8-15/h1-13,23H,14H2,(H,29,30)(H2,27,28,32)/p-1/t23-/m0/s1. The van der Waals surface area contributed by atoms with E-state index in [0.29, 0.717) is 32.4 Å². The molecular formula is C25H18BrN2O5-. The topological polar surface area (TPSA) is 108 Å². The number of benzene rings is 3. The second-order valence-electron chi connectivity index (χ2n) is 7.22. The van der Waals surface area contributed by atoms with Gasteiger partial charge in [-0.15, -0.1) is 0 Å². The summed E-state index contributed by atoms with van der Waals surface area (Å²) < 4.78 is 6.09. The Hall–Kier alpha value is -3.91. The Bertz CT molecular complexity index is 1240. The van der Waals surface area contributed by atoms with Crippen molar-refractivity contribution in [3.63, 3.8) is 0 Å². The molecule has 33 heavy (non-hydrogen) atoms.